The van der Waals surface area contributed by atoms with E-state index in [1.807, 2.05) is 45.2 Å². The Morgan fingerprint density at radius 1 is 1.11 bits per heavy atom. The van der Waals surface area contributed by atoms with Gasteiger partial charge in [0.05, 0.1) is 0 Å². The maximum absolute atomic E-state index is 11.2. The van der Waals surface area contributed by atoms with Crippen LogP contribution < -0.4 is 16.2 Å². The van der Waals surface area contributed by atoms with Crippen LogP contribution in [0.3, 0.4) is 0 Å². The van der Waals surface area contributed by atoms with Crippen molar-refractivity contribution in [1.29, 1.82) is 0 Å². The highest BCUT2D eigenvalue weighted by Crippen LogP contribution is 2.03. The predicted molar refractivity (Wildman–Crippen MR) is 89.4 cm³/mol. The highest BCUT2D eigenvalue weighted by atomic mass is 16.1. The number of rotatable bonds is 4. The number of nitrogens with one attached hydrogen (secondary N) is 3. The summed E-state index contributed by atoms with van der Waals surface area (Å²) in [6.45, 7) is 8.99. The van der Waals surface area contributed by atoms with Crippen molar-refractivity contribution in [2.45, 2.75) is 40.7 Å². The molecule has 1 aromatic rings. The fourth-order valence-corrected chi connectivity index (χ4v) is 1.11. The molecule has 0 spiro atoms. The fraction of sp³-hybridized carbons (Fsp3) is 0.533. The second kappa shape index (κ2) is 14.7. The number of hydrogen-bond acceptors (Lipinski definition) is 3. The Labute approximate surface area is 122 Å². The summed E-state index contributed by atoms with van der Waals surface area (Å²) in [5.74, 6) is -0.0573. The smallest absolute Gasteiger partial charge is 0.251 e. The summed E-state index contributed by atoms with van der Waals surface area (Å²) >= 11 is 0. The molecule has 0 bridgehead atoms. The molecule has 1 rings (SSSR count). The first kappa shape index (κ1) is 19.9. The van der Waals surface area contributed by atoms with Gasteiger partial charge in [-0.1, -0.05) is 46.2 Å². The van der Waals surface area contributed by atoms with Gasteiger partial charge in [0.1, 0.15) is 0 Å². The Kier molecular flexibility index (Phi) is 15.4. The number of carbonyl (C=O) groups is 1. The van der Waals surface area contributed by atoms with Crippen LogP contribution in [-0.4, -0.2) is 20.0 Å². The number of amides is 1. The first-order chi connectivity index (χ1) is 9.19. The van der Waals surface area contributed by atoms with Crippen LogP contribution >= 0.6 is 0 Å². The van der Waals surface area contributed by atoms with Crippen molar-refractivity contribution in [1.82, 2.24) is 16.2 Å². The molecule has 0 unspecified atom stereocenters. The SMILES string of the molecule is CC.CCC.CNNCc1ccc(C(=O)NC)cc1.[HH].[HH].[HH]. The third kappa shape index (κ3) is 10.2. The molecule has 4 heteroatoms. The third-order valence-electron chi connectivity index (χ3n) is 1.91. The summed E-state index contributed by atoms with van der Waals surface area (Å²) in [6.07, 6.45) is 1.25. The lowest BCUT2D eigenvalue weighted by molar-refractivity contribution is 0.0963. The van der Waals surface area contributed by atoms with Crippen molar-refractivity contribution in [3.63, 3.8) is 0 Å². The molecule has 1 aromatic carbocycles. The fourth-order valence-electron chi connectivity index (χ4n) is 1.11. The number of hydrogen-bond donors (Lipinski definition) is 3. The summed E-state index contributed by atoms with van der Waals surface area (Å²) in [6, 6.07) is 7.47. The van der Waals surface area contributed by atoms with Gasteiger partial charge in [-0.25, -0.2) is 0 Å². The van der Waals surface area contributed by atoms with E-state index in [4.69, 9.17) is 0 Å². The van der Waals surface area contributed by atoms with Crippen molar-refractivity contribution in [2.24, 2.45) is 0 Å². The summed E-state index contributed by atoms with van der Waals surface area (Å²) in [4.78, 5) is 11.2. The van der Waals surface area contributed by atoms with Crippen LogP contribution in [0.5, 0.6) is 0 Å². The van der Waals surface area contributed by atoms with Gasteiger partial charge in [0.25, 0.3) is 5.91 Å². The van der Waals surface area contributed by atoms with Crippen molar-refractivity contribution in [3.8, 4) is 0 Å². The Balaban J connectivity index is -0.000000108. The molecule has 0 aromatic heterocycles. The second-order valence-corrected chi connectivity index (χ2v) is 3.59. The highest BCUT2D eigenvalue weighted by molar-refractivity contribution is 5.93. The standard InChI is InChI=1S/C10H15N3O.C3H8.C2H6.3H2/c1-11-10(14)9-5-3-8(4-6-9)7-13-12-2;1-3-2;1-2;;;/h3-6,12-13H,7H2,1-2H3,(H,11,14);3H2,1-2H3;1-2H3;3*1H. The third-order valence-corrected chi connectivity index (χ3v) is 1.91. The van der Waals surface area contributed by atoms with E-state index in [9.17, 15) is 4.79 Å². The zero-order valence-corrected chi connectivity index (χ0v) is 13.1. The lowest BCUT2D eigenvalue weighted by atomic mass is 10.1. The number of carbonyl (C=O) groups excluding carboxylic acids is 1. The lowest BCUT2D eigenvalue weighted by Crippen LogP contribution is -2.26. The summed E-state index contributed by atoms with van der Waals surface area (Å²) in [5, 5.41) is 2.58. The van der Waals surface area contributed by atoms with Gasteiger partial charge in [-0.05, 0) is 24.7 Å². The van der Waals surface area contributed by atoms with E-state index in [0.717, 1.165) is 12.1 Å². The summed E-state index contributed by atoms with van der Waals surface area (Å²) in [7, 11) is 3.44. The van der Waals surface area contributed by atoms with Gasteiger partial charge in [-0.2, -0.15) is 0 Å². The molecule has 0 atom stereocenters. The van der Waals surface area contributed by atoms with Crippen LogP contribution in [-0.2, 0) is 6.54 Å². The molecule has 0 aliphatic rings. The Bertz CT molecular complexity index is 322. The van der Waals surface area contributed by atoms with E-state index in [0.29, 0.717) is 5.56 Å². The minimum Gasteiger partial charge on any atom is -0.355 e. The van der Waals surface area contributed by atoms with Gasteiger partial charge in [0.2, 0.25) is 0 Å². The van der Waals surface area contributed by atoms with Crippen molar-refractivity contribution >= 4 is 5.91 Å². The average Bonchev–Trinajstić information content (AvgIpc) is 2.48. The van der Waals surface area contributed by atoms with E-state index >= 15 is 0 Å². The van der Waals surface area contributed by atoms with Gasteiger partial charge in [-0.15, -0.1) is 0 Å². The largest absolute Gasteiger partial charge is 0.355 e. The molecule has 1 amide bonds. The zero-order chi connectivity index (χ0) is 15.1. The van der Waals surface area contributed by atoms with Gasteiger partial charge in [0.15, 0.2) is 0 Å². The normalized spacial score (nSPS) is 8.53. The topological polar surface area (TPSA) is 53.2 Å². The molecule has 0 fully saturated rings. The van der Waals surface area contributed by atoms with Gasteiger partial charge in [0, 0.05) is 23.4 Å². The molecule has 116 valence electrons. The monoisotopic (exact) mass is 273 g/mol. The first-order valence-electron chi connectivity index (χ1n) is 6.90. The van der Waals surface area contributed by atoms with Crippen molar-refractivity contribution < 1.29 is 9.07 Å². The summed E-state index contributed by atoms with van der Waals surface area (Å²) in [5.41, 5.74) is 7.62. The highest BCUT2D eigenvalue weighted by Gasteiger charge is 2.01. The van der Waals surface area contributed by atoms with Crippen LogP contribution in [0.1, 0.15) is 54.3 Å². The molecule has 0 radical (unpaired) electrons. The molecular formula is C15H35N3O. The number of benzene rings is 1. The molecule has 0 aliphatic carbocycles. The predicted octanol–water partition coefficient (Wildman–Crippen LogP) is 3.45. The molecular weight excluding hydrogens is 238 g/mol. The van der Waals surface area contributed by atoms with Crippen LogP contribution in [0.15, 0.2) is 24.3 Å². The Morgan fingerprint density at radius 2 is 1.58 bits per heavy atom. The molecule has 3 N–H and O–H groups in total. The molecule has 0 saturated heterocycles. The number of hydrazine groups is 1. The molecule has 0 aliphatic heterocycles. The minimum absolute atomic E-state index is 0. The maximum atomic E-state index is 11.2. The van der Waals surface area contributed by atoms with E-state index < -0.39 is 0 Å². The zero-order valence-electron chi connectivity index (χ0n) is 13.1. The van der Waals surface area contributed by atoms with Crippen molar-refractivity contribution in [2.75, 3.05) is 14.1 Å². The lowest BCUT2D eigenvalue weighted by Gasteiger charge is -2.04. The van der Waals surface area contributed by atoms with E-state index in [1.54, 1.807) is 7.05 Å². The maximum Gasteiger partial charge on any atom is 0.251 e. The molecule has 19 heavy (non-hydrogen) atoms. The average molecular weight is 273 g/mol. The molecule has 4 nitrogen and oxygen atoms in total. The minimum atomic E-state index is -0.0573. The summed E-state index contributed by atoms with van der Waals surface area (Å²) < 4.78 is 0. The van der Waals surface area contributed by atoms with Crippen LogP contribution in [0, 0.1) is 0 Å². The van der Waals surface area contributed by atoms with E-state index in [2.05, 4.69) is 30.0 Å². The van der Waals surface area contributed by atoms with Crippen LogP contribution in [0.2, 0.25) is 0 Å². The van der Waals surface area contributed by atoms with Crippen molar-refractivity contribution in [3.05, 3.63) is 35.4 Å². The van der Waals surface area contributed by atoms with Gasteiger partial charge in [-0.3, -0.25) is 15.6 Å². The van der Waals surface area contributed by atoms with Crippen LogP contribution in [0.25, 0.3) is 0 Å². The van der Waals surface area contributed by atoms with E-state index in [-0.39, 0.29) is 10.2 Å². The Morgan fingerprint density at radius 3 is 1.95 bits per heavy atom. The van der Waals surface area contributed by atoms with Crippen LogP contribution in [0.4, 0.5) is 0 Å². The van der Waals surface area contributed by atoms with Gasteiger partial charge >= 0.3 is 0 Å². The quantitative estimate of drug-likeness (QED) is 0.737. The molecule has 0 saturated carbocycles. The Hall–Kier alpha value is -1.39. The van der Waals surface area contributed by atoms with Gasteiger partial charge < -0.3 is 5.32 Å². The second-order valence-electron chi connectivity index (χ2n) is 3.59. The van der Waals surface area contributed by atoms with E-state index in [1.165, 1.54) is 6.42 Å². The molecule has 0 heterocycles. The first-order valence-corrected chi connectivity index (χ1v) is 6.90.